The molecule has 0 saturated carbocycles. The van der Waals surface area contributed by atoms with Gasteiger partial charge in [-0.15, -0.1) is 0 Å². The maximum atomic E-state index is 12.3. The summed E-state index contributed by atoms with van der Waals surface area (Å²) in [6, 6.07) is 15.7. The van der Waals surface area contributed by atoms with Crippen LogP contribution < -0.4 is 10.1 Å². The monoisotopic (exact) mass is 388 g/mol. The van der Waals surface area contributed by atoms with Crippen LogP contribution in [0, 0.1) is 0 Å². The normalized spacial score (nSPS) is 12.5. The Hall–Kier alpha value is -2.93. The Morgan fingerprint density at radius 3 is 2.57 bits per heavy atom. The molecular formula is C21H22F2N2O3. The van der Waals surface area contributed by atoms with Crippen LogP contribution >= 0.6 is 0 Å². The molecule has 0 bridgehead atoms. The number of amides is 1. The molecule has 5 nitrogen and oxygen atoms in total. The molecule has 0 saturated heterocycles. The highest BCUT2D eigenvalue weighted by Crippen LogP contribution is 2.23. The first-order valence-electron chi connectivity index (χ1n) is 8.91. The number of benzene rings is 2. The summed E-state index contributed by atoms with van der Waals surface area (Å²) in [5, 5.41) is 3.92. The number of furan rings is 1. The minimum Gasteiger partial charge on any atom is -0.459 e. The van der Waals surface area contributed by atoms with Gasteiger partial charge in [-0.05, 0) is 43.8 Å². The Labute approximate surface area is 161 Å². The molecule has 1 unspecified atom stereocenters. The number of fused-ring (bicyclic) bond motifs is 1. The third-order valence-electron chi connectivity index (χ3n) is 4.26. The molecule has 28 heavy (non-hydrogen) atoms. The minimum absolute atomic E-state index is 0.110. The van der Waals surface area contributed by atoms with E-state index in [0.29, 0.717) is 12.3 Å². The predicted octanol–water partition coefficient (Wildman–Crippen LogP) is 4.34. The first-order chi connectivity index (χ1) is 13.4. The van der Waals surface area contributed by atoms with Gasteiger partial charge in [0.2, 0.25) is 5.91 Å². The number of nitrogens with one attached hydrogen (secondary N) is 1. The van der Waals surface area contributed by atoms with E-state index in [4.69, 9.17) is 4.42 Å². The van der Waals surface area contributed by atoms with E-state index in [1.807, 2.05) is 49.2 Å². The fraction of sp³-hybridized carbons (Fsp3) is 0.286. The van der Waals surface area contributed by atoms with Crippen LogP contribution in [0.2, 0.25) is 0 Å². The molecule has 1 amide bonds. The van der Waals surface area contributed by atoms with E-state index in [-0.39, 0.29) is 24.2 Å². The molecule has 1 heterocycles. The summed E-state index contributed by atoms with van der Waals surface area (Å²) in [5.74, 6) is 0.679. The number of ether oxygens (including phenoxy) is 1. The lowest BCUT2D eigenvalue weighted by Crippen LogP contribution is -2.36. The van der Waals surface area contributed by atoms with E-state index in [1.165, 1.54) is 12.1 Å². The van der Waals surface area contributed by atoms with Crippen LogP contribution in [-0.4, -0.2) is 31.0 Å². The van der Waals surface area contributed by atoms with E-state index in [9.17, 15) is 13.6 Å². The lowest BCUT2D eigenvalue weighted by Gasteiger charge is -2.18. The van der Waals surface area contributed by atoms with E-state index < -0.39 is 6.61 Å². The van der Waals surface area contributed by atoms with Crippen LogP contribution in [0.3, 0.4) is 0 Å². The number of likely N-dealkylation sites (N-methyl/N-ethyl adjacent to an activating group) is 1. The number of hydrogen-bond acceptors (Lipinski definition) is 4. The van der Waals surface area contributed by atoms with Crippen LogP contribution in [0.25, 0.3) is 11.0 Å². The van der Waals surface area contributed by atoms with Gasteiger partial charge in [0, 0.05) is 11.9 Å². The molecule has 3 rings (SSSR count). The number of carbonyl (C=O) groups is 1. The van der Waals surface area contributed by atoms with Crippen molar-refractivity contribution >= 4 is 16.9 Å². The fourth-order valence-electron chi connectivity index (χ4n) is 2.96. The molecule has 1 N–H and O–H groups in total. The van der Waals surface area contributed by atoms with Gasteiger partial charge in [-0.1, -0.05) is 30.3 Å². The summed E-state index contributed by atoms with van der Waals surface area (Å²) in [7, 11) is 1.81. The third-order valence-corrected chi connectivity index (χ3v) is 4.26. The minimum atomic E-state index is -2.84. The smallest absolute Gasteiger partial charge is 0.387 e. The standard InChI is InChI=1S/C21H22F2N2O3/c1-14(19-11-16-5-3-4-6-18(16)28-19)24-20(26)13-25(2)12-15-7-9-17(10-8-15)27-21(22)23/h3-11,14,21H,12-13H2,1-2H3,(H,24,26). The number of rotatable bonds is 8. The van der Waals surface area contributed by atoms with Gasteiger partial charge in [0.05, 0.1) is 12.6 Å². The van der Waals surface area contributed by atoms with Crippen LogP contribution in [0.4, 0.5) is 8.78 Å². The Morgan fingerprint density at radius 1 is 1.18 bits per heavy atom. The molecule has 7 heteroatoms. The molecule has 0 aliphatic rings. The highest BCUT2D eigenvalue weighted by Gasteiger charge is 2.15. The van der Waals surface area contributed by atoms with E-state index >= 15 is 0 Å². The number of para-hydroxylation sites is 1. The molecule has 0 aliphatic carbocycles. The van der Waals surface area contributed by atoms with E-state index in [0.717, 1.165) is 16.5 Å². The summed E-state index contributed by atoms with van der Waals surface area (Å²) in [4.78, 5) is 14.2. The molecule has 1 atom stereocenters. The molecular weight excluding hydrogens is 366 g/mol. The highest BCUT2D eigenvalue weighted by atomic mass is 19.3. The van der Waals surface area contributed by atoms with Crippen molar-refractivity contribution in [2.45, 2.75) is 26.1 Å². The number of halogens is 2. The molecule has 0 aliphatic heterocycles. The van der Waals surface area contributed by atoms with Crippen molar-refractivity contribution in [2.24, 2.45) is 0 Å². The summed E-state index contributed by atoms with van der Waals surface area (Å²) >= 11 is 0. The zero-order valence-corrected chi connectivity index (χ0v) is 15.7. The van der Waals surface area contributed by atoms with Gasteiger partial charge in [0.25, 0.3) is 0 Å². The van der Waals surface area contributed by atoms with Gasteiger partial charge in [-0.2, -0.15) is 8.78 Å². The summed E-state index contributed by atoms with van der Waals surface area (Å²) in [5.41, 5.74) is 1.68. The fourth-order valence-corrected chi connectivity index (χ4v) is 2.96. The van der Waals surface area contributed by atoms with Crippen molar-refractivity contribution < 1.29 is 22.7 Å². The second-order valence-corrected chi connectivity index (χ2v) is 6.67. The lowest BCUT2D eigenvalue weighted by molar-refractivity contribution is -0.122. The van der Waals surface area contributed by atoms with Crippen LogP contribution in [0.15, 0.2) is 59.0 Å². The maximum Gasteiger partial charge on any atom is 0.387 e. The second-order valence-electron chi connectivity index (χ2n) is 6.67. The highest BCUT2D eigenvalue weighted by molar-refractivity contribution is 5.80. The Balaban J connectivity index is 1.50. The van der Waals surface area contributed by atoms with Gasteiger partial charge in [0.1, 0.15) is 17.1 Å². The SMILES string of the molecule is CC(NC(=O)CN(C)Cc1ccc(OC(F)F)cc1)c1cc2ccccc2o1. The molecule has 2 aromatic carbocycles. The van der Waals surface area contributed by atoms with Crippen molar-refractivity contribution in [1.82, 2.24) is 10.2 Å². The number of hydrogen-bond donors (Lipinski definition) is 1. The van der Waals surface area contributed by atoms with Crippen molar-refractivity contribution in [2.75, 3.05) is 13.6 Å². The lowest BCUT2D eigenvalue weighted by atomic mass is 10.2. The molecule has 148 valence electrons. The molecule has 1 aromatic heterocycles. The van der Waals surface area contributed by atoms with Crippen LogP contribution in [0.1, 0.15) is 24.3 Å². The largest absolute Gasteiger partial charge is 0.459 e. The number of carbonyl (C=O) groups excluding carboxylic acids is 1. The van der Waals surface area contributed by atoms with Crippen molar-refractivity contribution in [3.63, 3.8) is 0 Å². The maximum absolute atomic E-state index is 12.3. The zero-order valence-electron chi connectivity index (χ0n) is 15.7. The molecule has 3 aromatic rings. The van der Waals surface area contributed by atoms with Crippen LogP contribution in [0.5, 0.6) is 5.75 Å². The Kier molecular flexibility index (Phi) is 6.26. The zero-order chi connectivity index (χ0) is 20.1. The van der Waals surface area contributed by atoms with Crippen molar-refractivity contribution in [3.05, 3.63) is 65.9 Å². The summed E-state index contributed by atoms with van der Waals surface area (Å²) in [6.07, 6.45) is 0. The quantitative estimate of drug-likeness (QED) is 0.624. The van der Waals surface area contributed by atoms with Gasteiger partial charge in [0.15, 0.2) is 0 Å². The van der Waals surface area contributed by atoms with E-state index in [1.54, 1.807) is 12.1 Å². The Morgan fingerprint density at radius 2 is 1.89 bits per heavy atom. The topological polar surface area (TPSA) is 54.7 Å². The van der Waals surface area contributed by atoms with Gasteiger partial charge < -0.3 is 14.5 Å². The Bertz CT molecular complexity index is 892. The van der Waals surface area contributed by atoms with Crippen molar-refractivity contribution in [3.8, 4) is 5.75 Å². The van der Waals surface area contributed by atoms with E-state index in [2.05, 4.69) is 10.1 Å². The molecule has 0 radical (unpaired) electrons. The van der Waals surface area contributed by atoms with Gasteiger partial charge in [-0.25, -0.2) is 0 Å². The van der Waals surface area contributed by atoms with Gasteiger partial charge in [-0.3, -0.25) is 9.69 Å². The number of alkyl halides is 2. The van der Waals surface area contributed by atoms with Crippen LogP contribution in [-0.2, 0) is 11.3 Å². The average molecular weight is 388 g/mol. The van der Waals surface area contributed by atoms with Gasteiger partial charge >= 0.3 is 6.61 Å². The summed E-state index contributed by atoms with van der Waals surface area (Å²) < 4.78 is 34.5. The predicted molar refractivity (Wildman–Crippen MR) is 102 cm³/mol. The average Bonchev–Trinajstić information content (AvgIpc) is 3.07. The molecule has 0 fully saturated rings. The summed E-state index contributed by atoms with van der Waals surface area (Å²) in [6.45, 7) is -0.274. The second kappa shape index (κ2) is 8.84. The first kappa shape index (κ1) is 19.8. The molecule has 0 spiro atoms. The van der Waals surface area contributed by atoms with Crippen molar-refractivity contribution in [1.29, 1.82) is 0 Å². The first-order valence-corrected chi connectivity index (χ1v) is 8.91. The third kappa shape index (κ3) is 5.29. The number of nitrogens with zero attached hydrogens (tertiary/aromatic N) is 1.